The zero-order chi connectivity index (χ0) is 28.1. The summed E-state index contributed by atoms with van der Waals surface area (Å²) in [5.41, 5.74) is 3.78. The van der Waals surface area contributed by atoms with Gasteiger partial charge in [0.2, 0.25) is 5.91 Å². The molecule has 0 atom stereocenters. The quantitative estimate of drug-likeness (QED) is 0.444. The molecule has 0 aromatic heterocycles. The summed E-state index contributed by atoms with van der Waals surface area (Å²) in [7, 11) is -3.95. The van der Waals surface area contributed by atoms with Crippen LogP contribution < -0.4 is 10.0 Å². The number of benzene rings is 2. The van der Waals surface area contributed by atoms with Crippen LogP contribution in [0, 0.1) is 6.92 Å². The Labute approximate surface area is 236 Å². The van der Waals surface area contributed by atoms with Crippen molar-refractivity contribution in [3.8, 4) is 0 Å². The molecule has 2 aromatic rings. The minimum absolute atomic E-state index is 0.0264. The van der Waals surface area contributed by atoms with Gasteiger partial charge in [-0.2, -0.15) is 4.99 Å². The number of amides is 2. The molecule has 2 heterocycles. The molecule has 11 heteroatoms. The second kappa shape index (κ2) is 11.8. The maximum Gasteiger partial charge on any atom is 0.287 e. The number of rotatable bonds is 7. The van der Waals surface area contributed by atoms with Crippen molar-refractivity contribution in [2.75, 3.05) is 5.32 Å². The van der Waals surface area contributed by atoms with Crippen LogP contribution in [0.2, 0.25) is 0 Å². The summed E-state index contributed by atoms with van der Waals surface area (Å²) in [4.78, 5) is 30.0. The molecular formula is C29H25N3O6S2. The summed E-state index contributed by atoms with van der Waals surface area (Å²) in [5.74, 6) is -0.599. The van der Waals surface area contributed by atoms with Gasteiger partial charge in [-0.1, -0.05) is 48.1 Å². The van der Waals surface area contributed by atoms with Gasteiger partial charge in [0.25, 0.3) is 15.9 Å². The van der Waals surface area contributed by atoms with Crippen LogP contribution >= 0.6 is 11.8 Å². The fourth-order valence-electron chi connectivity index (χ4n) is 4.10. The van der Waals surface area contributed by atoms with Crippen LogP contribution in [0.5, 0.6) is 0 Å². The topological polar surface area (TPSA) is 123 Å². The van der Waals surface area contributed by atoms with Gasteiger partial charge in [0.1, 0.15) is 18.8 Å². The van der Waals surface area contributed by atoms with E-state index in [2.05, 4.69) is 21.1 Å². The largest absolute Gasteiger partial charge is 0.465 e. The van der Waals surface area contributed by atoms with Crippen LogP contribution in [0.4, 0.5) is 5.69 Å². The zero-order valence-corrected chi connectivity index (χ0v) is 23.1. The Morgan fingerprint density at radius 3 is 2.52 bits per heavy atom. The molecule has 2 N–H and O–H groups in total. The molecule has 1 aliphatic carbocycles. The molecule has 0 spiro atoms. The highest BCUT2D eigenvalue weighted by atomic mass is 32.2. The Kier molecular flexibility index (Phi) is 8.04. The van der Waals surface area contributed by atoms with Gasteiger partial charge in [-0.25, -0.2) is 13.1 Å². The van der Waals surface area contributed by atoms with Crippen molar-refractivity contribution in [1.29, 1.82) is 0 Å². The molecule has 0 bridgehead atoms. The average molecular weight is 576 g/mol. The number of amidine groups is 1. The fourth-order valence-corrected chi connectivity index (χ4v) is 6.04. The van der Waals surface area contributed by atoms with E-state index in [0.29, 0.717) is 32.7 Å². The molecule has 2 aliphatic heterocycles. The van der Waals surface area contributed by atoms with Gasteiger partial charge in [-0.05, 0) is 66.9 Å². The lowest BCUT2D eigenvalue weighted by Gasteiger charge is -2.19. The third-order valence-corrected chi connectivity index (χ3v) is 8.42. The van der Waals surface area contributed by atoms with E-state index in [1.807, 2.05) is 19.1 Å². The van der Waals surface area contributed by atoms with Crippen LogP contribution in [0.1, 0.15) is 24.0 Å². The van der Waals surface area contributed by atoms with Crippen molar-refractivity contribution in [2.24, 2.45) is 4.99 Å². The number of nitrogens with one attached hydrogen (secondary N) is 2. The van der Waals surface area contributed by atoms with E-state index >= 15 is 0 Å². The summed E-state index contributed by atoms with van der Waals surface area (Å²) in [6, 6.07) is 13.1. The van der Waals surface area contributed by atoms with Crippen molar-refractivity contribution in [2.45, 2.75) is 31.1 Å². The average Bonchev–Trinajstić information content (AvgIpc) is 3.30. The van der Waals surface area contributed by atoms with E-state index in [1.54, 1.807) is 36.4 Å². The third kappa shape index (κ3) is 6.44. The van der Waals surface area contributed by atoms with Gasteiger partial charge in [-0.15, -0.1) is 0 Å². The maximum absolute atomic E-state index is 12.9. The van der Waals surface area contributed by atoms with E-state index in [4.69, 9.17) is 9.47 Å². The minimum Gasteiger partial charge on any atom is -0.465 e. The molecule has 0 unspecified atom stereocenters. The summed E-state index contributed by atoms with van der Waals surface area (Å²) in [6.07, 6.45) is 11.7. The normalized spacial score (nSPS) is 17.7. The number of allylic oxidation sites excluding steroid dienone is 4. The molecule has 0 saturated heterocycles. The lowest BCUT2D eigenvalue weighted by atomic mass is 9.95. The lowest BCUT2D eigenvalue weighted by molar-refractivity contribution is -0.118. The number of carbonyl (C=O) groups is 2. The first-order valence-corrected chi connectivity index (χ1v) is 14.7. The first-order chi connectivity index (χ1) is 19.3. The Balaban J connectivity index is 1.24. The molecule has 204 valence electrons. The highest BCUT2D eigenvalue weighted by molar-refractivity contribution is 8.18. The predicted molar refractivity (Wildman–Crippen MR) is 153 cm³/mol. The van der Waals surface area contributed by atoms with Crippen LogP contribution in [0.25, 0.3) is 0 Å². The Morgan fingerprint density at radius 1 is 1.07 bits per heavy atom. The van der Waals surface area contributed by atoms with Gasteiger partial charge >= 0.3 is 0 Å². The number of aliphatic imine (C=N–C) groups is 1. The summed E-state index contributed by atoms with van der Waals surface area (Å²) in [5, 5.41) is 3.52. The molecule has 40 heavy (non-hydrogen) atoms. The van der Waals surface area contributed by atoms with E-state index in [9.17, 15) is 18.0 Å². The number of anilines is 1. The van der Waals surface area contributed by atoms with E-state index in [1.165, 1.54) is 42.7 Å². The number of nitrogens with zero attached hydrogens (tertiary/aromatic N) is 1. The summed E-state index contributed by atoms with van der Waals surface area (Å²) in [6.45, 7) is 1.85. The summed E-state index contributed by atoms with van der Waals surface area (Å²) < 4.78 is 38.0. The van der Waals surface area contributed by atoms with Crippen LogP contribution in [-0.4, -0.2) is 25.4 Å². The highest BCUT2D eigenvalue weighted by Gasteiger charge is 2.30. The standard InChI is InChI=1S/C29H25N3O6S2/c1-19-7-13-23(14-8-19)40(35,36)32-25(33)17-20-9-11-22(12-10-20)30-29-31-28(34)27(39-29)26(21-5-3-2-4-6-21)24-18-37-15-16-38-24/h2-3,5,7-16,18H,4,6,17H2,1H3,(H,32,33)(H,30,31,34). The van der Waals surface area contributed by atoms with Crippen molar-refractivity contribution >= 4 is 44.5 Å². The molecular weight excluding hydrogens is 550 g/mol. The van der Waals surface area contributed by atoms with Gasteiger partial charge in [0.05, 0.1) is 16.2 Å². The number of hydrogen-bond donors (Lipinski definition) is 2. The van der Waals surface area contributed by atoms with Crippen LogP contribution in [-0.2, 0) is 35.5 Å². The zero-order valence-electron chi connectivity index (χ0n) is 21.4. The first kappa shape index (κ1) is 27.2. The molecule has 0 fully saturated rings. The number of aryl methyl sites for hydroxylation is 1. The fraction of sp³-hybridized carbons (Fsp3) is 0.138. The van der Waals surface area contributed by atoms with E-state index < -0.39 is 15.9 Å². The molecule has 0 radical (unpaired) electrons. The molecule has 2 amide bonds. The second-order valence-corrected chi connectivity index (χ2v) is 11.7. The SMILES string of the molecule is Cc1ccc(S(=O)(=O)NC(=O)Cc2ccc(NC3=NC(=O)C(=C(C4=CC=CCC4)C4=COC=CO4)S3)cc2)cc1. The van der Waals surface area contributed by atoms with Crippen LogP contribution in [0.15, 0.2) is 117 Å². The Morgan fingerprint density at radius 2 is 1.85 bits per heavy atom. The lowest BCUT2D eigenvalue weighted by Crippen LogP contribution is -2.31. The third-order valence-electron chi connectivity index (χ3n) is 6.06. The molecule has 0 saturated carbocycles. The van der Waals surface area contributed by atoms with Crippen molar-refractivity contribution in [3.05, 3.63) is 118 Å². The van der Waals surface area contributed by atoms with E-state index in [0.717, 1.165) is 24.0 Å². The number of thioether (sulfide) groups is 1. The number of sulfonamides is 1. The van der Waals surface area contributed by atoms with Gasteiger partial charge in [0.15, 0.2) is 10.9 Å². The highest BCUT2D eigenvalue weighted by Crippen LogP contribution is 2.39. The van der Waals surface area contributed by atoms with Crippen molar-refractivity contribution in [1.82, 2.24) is 4.72 Å². The van der Waals surface area contributed by atoms with Gasteiger partial charge in [0, 0.05) is 11.3 Å². The number of hydrogen-bond acceptors (Lipinski definition) is 8. The molecule has 3 aliphatic rings. The second-order valence-electron chi connectivity index (χ2n) is 9.04. The predicted octanol–water partition coefficient (Wildman–Crippen LogP) is 4.97. The maximum atomic E-state index is 12.9. The smallest absolute Gasteiger partial charge is 0.287 e. The number of ether oxygens (including phenoxy) is 2. The van der Waals surface area contributed by atoms with Crippen molar-refractivity contribution in [3.63, 3.8) is 0 Å². The van der Waals surface area contributed by atoms with Crippen molar-refractivity contribution < 1.29 is 27.5 Å². The molecule has 9 nitrogen and oxygen atoms in total. The monoisotopic (exact) mass is 575 g/mol. The minimum atomic E-state index is -3.95. The van der Waals surface area contributed by atoms with E-state index in [-0.39, 0.29) is 17.2 Å². The van der Waals surface area contributed by atoms with Gasteiger partial charge in [-0.3, -0.25) is 9.59 Å². The summed E-state index contributed by atoms with van der Waals surface area (Å²) >= 11 is 1.20. The Bertz CT molecular complexity index is 1630. The molecule has 2 aromatic carbocycles. The molecule has 5 rings (SSSR count). The number of carbonyl (C=O) groups excluding carboxylic acids is 2. The van der Waals surface area contributed by atoms with Gasteiger partial charge < -0.3 is 14.8 Å². The first-order valence-electron chi connectivity index (χ1n) is 12.4. The van der Waals surface area contributed by atoms with Crippen LogP contribution in [0.3, 0.4) is 0 Å². The Hall–Kier alpha value is -4.35.